The molecule has 1 aliphatic heterocycles. The average molecular weight is 301 g/mol. The van der Waals surface area contributed by atoms with Gasteiger partial charge < -0.3 is 5.32 Å². The van der Waals surface area contributed by atoms with E-state index in [4.69, 9.17) is 23.2 Å². The minimum atomic E-state index is 0.674. The summed E-state index contributed by atoms with van der Waals surface area (Å²) in [5.74, 6) is 0. The van der Waals surface area contributed by atoms with Crippen LogP contribution in [0.5, 0.6) is 0 Å². The van der Waals surface area contributed by atoms with Gasteiger partial charge in [-0.3, -0.25) is 4.90 Å². The Morgan fingerprint density at radius 1 is 1.26 bits per heavy atom. The maximum absolute atomic E-state index is 6.29. The maximum Gasteiger partial charge on any atom is 0.0465 e. The first-order valence-corrected chi connectivity index (χ1v) is 7.85. The fraction of sp³-hybridized carbons (Fsp3) is 0.600. The van der Waals surface area contributed by atoms with Gasteiger partial charge in [-0.05, 0) is 56.6 Å². The summed E-state index contributed by atoms with van der Waals surface area (Å²) in [7, 11) is 0. The summed E-state index contributed by atoms with van der Waals surface area (Å²) >= 11 is 12.2. The van der Waals surface area contributed by atoms with Crippen LogP contribution < -0.4 is 5.32 Å². The van der Waals surface area contributed by atoms with Crippen molar-refractivity contribution in [1.82, 2.24) is 10.2 Å². The van der Waals surface area contributed by atoms with Crippen LogP contribution in [0, 0.1) is 0 Å². The zero-order valence-electron chi connectivity index (χ0n) is 11.5. The van der Waals surface area contributed by atoms with E-state index in [2.05, 4.69) is 23.2 Å². The summed E-state index contributed by atoms with van der Waals surface area (Å²) in [4.78, 5) is 2.57. The van der Waals surface area contributed by atoms with Crippen molar-refractivity contribution >= 4 is 23.2 Å². The lowest BCUT2D eigenvalue weighted by atomic mass is 10.0. The Bertz CT molecular complexity index is 403. The summed E-state index contributed by atoms with van der Waals surface area (Å²) in [6.07, 6.45) is 3.63. The van der Waals surface area contributed by atoms with Gasteiger partial charge in [0.1, 0.15) is 0 Å². The van der Waals surface area contributed by atoms with E-state index in [0.717, 1.165) is 31.2 Å². The van der Waals surface area contributed by atoms with Gasteiger partial charge in [0.15, 0.2) is 0 Å². The molecule has 1 N–H and O–H groups in total. The van der Waals surface area contributed by atoms with Crippen LogP contribution in [0.1, 0.15) is 31.7 Å². The molecule has 0 unspecified atom stereocenters. The summed E-state index contributed by atoms with van der Waals surface area (Å²) in [5, 5.41) is 4.91. The molecule has 0 amide bonds. The molecule has 0 saturated carbocycles. The average Bonchev–Trinajstić information content (AvgIpc) is 2.42. The molecule has 0 bridgehead atoms. The Kier molecular flexibility index (Phi) is 5.96. The second kappa shape index (κ2) is 7.49. The molecule has 0 spiro atoms. The van der Waals surface area contributed by atoms with Gasteiger partial charge >= 0.3 is 0 Å². The van der Waals surface area contributed by atoms with Gasteiger partial charge in [-0.15, -0.1) is 0 Å². The van der Waals surface area contributed by atoms with E-state index in [1.54, 1.807) is 0 Å². The van der Waals surface area contributed by atoms with Gasteiger partial charge in [-0.1, -0.05) is 36.2 Å². The summed E-state index contributed by atoms with van der Waals surface area (Å²) in [5.41, 5.74) is 1.18. The Labute approximate surface area is 126 Å². The van der Waals surface area contributed by atoms with Crippen molar-refractivity contribution in [3.8, 4) is 0 Å². The van der Waals surface area contributed by atoms with Gasteiger partial charge in [0.2, 0.25) is 0 Å². The standard InChI is InChI=1S/C15H22Cl2N2/c1-2-9-19(14-5-7-18-8-6-14)11-12-3-4-13(16)10-15(12)17/h3-4,10,14,18H,2,5-9,11H2,1H3. The molecule has 0 atom stereocenters. The predicted molar refractivity (Wildman–Crippen MR) is 83.1 cm³/mol. The lowest BCUT2D eigenvalue weighted by Gasteiger charge is -2.34. The highest BCUT2D eigenvalue weighted by atomic mass is 35.5. The first-order chi connectivity index (χ1) is 9.20. The molecule has 106 valence electrons. The third-order valence-electron chi connectivity index (χ3n) is 3.72. The third kappa shape index (κ3) is 4.35. The monoisotopic (exact) mass is 300 g/mol. The molecule has 1 aliphatic rings. The highest BCUT2D eigenvalue weighted by molar-refractivity contribution is 6.35. The van der Waals surface area contributed by atoms with Crippen molar-refractivity contribution < 1.29 is 0 Å². The van der Waals surface area contributed by atoms with Gasteiger partial charge in [0.25, 0.3) is 0 Å². The molecule has 4 heteroatoms. The van der Waals surface area contributed by atoms with Crippen LogP contribution in [-0.2, 0) is 6.54 Å². The van der Waals surface area contributed by atoms with E-state index in [0.29, 0.717) is 11.1 Å². The topological polar surface area (TPSA) is 15.3 Å². The van der Waals surface area contributed by atoms with Crippen molar-refractivity contribution in [2.24, 2.45) is 0 Å². The van der Waals surface area contributed by atoms with E-state index in [-0.39, 0.29) is 0 Å². The van der Waals surface area contributed by atoms with Gasteiger partial charge in [0.05, 0.1) is 0 Å². The van der Waals surface area contributed by atoms with E-state index in [9.17, 15) is 0 Å². The number of hydrogen-bond acceptors (Lipinski definition) is 2. The molecule has 1 aromatic rings. The number of nitrogens with zero attached hydrogens (tertiary/aromatic N) is 1. The molecule has 0 aromatic heterocycles. The Morgan fingerprint density at radius 3 is 2.63 bits per heavy atom. The van der Waals surface area contributed by atoms with E-state index < -0.39 is 0 Å². The first-order valence-electron chi connectivity index (χ1n) is 7.09. The molecule has 19 heavy (non-hydrogen) atoms. The third-order valence-corrected chi connectivity index (χ3v) is 4.31. The highest BCUT2D eigenvalue weighted by Gasteiger charge is 2.21. The number of halogens is 2. The first kappa shape index (κ1) is 15.1. The second-order valence-electron chi connectivity index (χ2n) is 5.19. The molecule has 0 radical (unpaired) electrons. The lowest BCUT2D eigenvalue weighted by Crippen LogP contribution is -2.43. The number of rotatable bonds is 5. The summed E-state index contributed by atoms with van der Waals surface area (Å²) in [6.45, 7) is 6.54. The SMILES string of the molecule is CCCN(Cc1ccc(Cl)cc1Cl)C1CCNCC1. The van der Waals surface area contributed by atoms with Gasteiger partial charge in [-0.25, -0.2) is 0 Å². The molecule has 2 nitrogen and oxygen atoms in total. The van der Waals surface area contributed by atoms with Gasteiger partial charge in [0, 0.05) is 22.6 Å². The quantitative estimate of drug-likeness (QED) is 0.885. The van der Waals surface area contributed by atoms with Crippen LogP contribution in [0.3, 0.4) is 0 Å². The highest BCUT2D eigenvalue weighted by Crippen LogP contribution is 2.24. The normalized spacial score (nSPS) is 17.1. The molecule has 1 fully saturated rings. The number of hydrogen-bond donors (Lipinski definition) is 1. The lowest BCUT2D eigenvalue weighted by molar-refractivity contribution is 0.154. The van der Waals surface area contributed by atoms with Crippen LogP contribution in [0.15, 0.2) is 18.2 Å². The maximum atomic E-state index is 6.29. The van der Waals surface area contributed by atoms with Crippen molar-refractivity contribution in [3.05, 3.63) is 33.8 Å². The fourth-order valence-corrected chi connectivity index (χ4v) is 3.19. The largest absolute Gasteiger partial charge is 0.317 e. The summed E-state index contributed by atoms with van der Waals surface area (Å²) in [6, 6.07) is 6.49. The predicted octanol–water partition coefficient (Wildman–Crippen LogP) is 3.96. The molecule has 1 heterocycles. The number of nitrogens with one attached hydrogen (secondary N) is 1. The summed E-state index contributed by atoms with van der Waals surface area (Å²) < 4.78 is 0. The van der Waals surface area contributed by atoms with Crippen molar-refractivity contribution in [3.63, 3.8) is 0 Å². The van der Waals surface area contributed by atoms with Crippen LogP contribution in [0.25, 0.3) is 0 Å². The zero-order valence-corrected chi connectivity index (χ0v) is 13.0. The number of benzene rings is 1. The second-order valence-corrected chi connectivity index (χ2v) is 6.03. The number of piperidine rings is 1. The molecule has 1 aromatic carbocycles. The zero-order chi connectivity index (χ0) is 13.7. The minimum Gasteiger partial charge on any atom is -0.317 e. The Hall–Kier alpha value is -0.280. The minimum absolute atomic E-state index is 0.674. The Balaban J connectivity index is 2.06. The molecule has 0 aliphatic carbocycles. The Morgan fingerprint density at radius 2 is 2.00 bits per heavy atom. The smallest absolute Gasteiger partial charge is 0.0465 e. The van der Waals surface area contributed by atoms with Crippen molar-refractivity contribution in [2.45, 2.75) is 38.8 Å². The van der Waals surface area contributed by atoms with E-state index in [1.807, 2.05) is 12.1 Å². The molecule has 1 saturated heterocycles. The van der Waals surface area contributed by atoms with Crippen molar-refractivity contribution in [2.75, 3.05) is 19.6 Å². The molecular formula is C15H22Cl2N2. The molecular weight excluding hydrogens is 279 g/mol. The van der Waals surface area contributed by atoms with Crippen LogP contribution in [-0.4, -0.2) is 30.6 Å². The van der Waals surface area contributed by atoms with Crippen molar-refractivity contribution in [1.29, 1.82) is 0 Å². The fourth-order valence-electron chi connectivity index (χ4n) is 2.72. The van der Waals surface area contributed by atoms with Crippen LogP contribution in [0.4, 0.5) is 0 Å². The van der Waals surface area contributed by atoms with Gasteiger partial charge in [-0.2, -0.15) is 0 Å². The van der Waals surface area contributed by atoms with Crippen LogP contribution >= 0.6 is 23.2 Å². The van der Waals surface area contributed by atoms with Crippen LogP contribution in [0.2, 0.25) is 10.0 Å². The van der Waals surface area contributed by atoms with E-state index in [1.165, 1.54) is 24.8 Å². The molecule has 2 rings (SSSR count). The van der Waals surface area contributed by atoms with E-state index >= 15 is 0 Å².